The lowest BCUT2D eigenvalue weighted by Crippen LogP contribution is -2.08. The van der Waals surface area contributed by atoms with Crippen LogP contribution in [-0.2, 0) is 4.79 Å². The van der Waals surface area contributed by atoms with Gasteiger partial charge in [-0.2, -0.15) is 0 Å². The molecule has 0 spiro atoms. The molecule has 0 bridgehead atoms. The van der Waals surface area contributed by atoms with Gasteiger partial charge in [0.25, 0.3) is 0 Å². The Balaban J connectivity index is 1.62. The third-order valence-electron chi connectivity index (χ3n) is 4.92. The highest BCUT2D eigenvalue weighted by Gasteiger charge is 2.06. The molecule has 3 aromatic carbocycles. The van der Waals surface area contributed by atoms with Gasteiger partial charge in [0.2, 0.25) is 5.91 Å². The van der Waals surface area contributed by atoms with Crippen LogP contribution in [0.5, 0.6) is 11.5 Å². The van der Waals surface area contributed by atoms with Gasteiger partial charge in [-0.3, -0.25) is 4.79 Å². The number of rotatable bonds is 10. The van der Waals surface area contributed by atoms with E-state index in [-0.39, 0.29) is 5.91 Å². The van der Waals surface area contributed by atoms with Crippen molar-refractivity contribution < 1.29 is 14.3 Å². The number of carbonyl (C=O) groups is 1. The molecular weight excluding hydrogens is 374 g/mol. The summed E-state index contributed by atoms with van der Waals surface area (Å²) in [5.74, 6) is 1.22. The molecule has 4 heteroatoms. The molecule has 0 aliphatic heterocycles. The highest BCUT2D eigenvalue weighted by molar-refractivity contribution is 6.07. The van der Waals surface area contributed by atoms with Crippen LogP contribution in [0.1, 0.15) is 38.2 Å². The van der Waals surface area contributed by atoms with Gasteiger partial charge in [0, 0.05) is 17.1 Å². The monoisotopic (exact) mass is 403 g/mol. The Labute approximate surface area is 178 Å². The van der Waals surface area contributed by atoms with Gasteiger partial charge in [0.15, 0.2) is 11.5 Å². The number of methoxy groups -OCH3 is 1. The number of carbonyl (C=O) groups excluding carboxylic acids is 1. The quantitative estimate of drug-likeness (QED) is 0.312. The average Bonchev–Trinajstić information content (AvgIpc) is 2.78. The molecule has 0 saturated carbocycles. The van der Waals surface area contributed by atoms with Gasteiger partial charge >= 0.3 is 0 Å². The fourth-order valence-corrected chi connectivity index (χ4v) is 3.30. The van der Waals surface area contributed by atoms with Gasteiger partial charge in [0.05, 0.1) is 13.7 Å². The molecule has 0 saturated heterocycles. The van der Waals surface area contributed by atoms with E-state index in [4.69, 9.17) is 9.47 Å². The molecule has 3 aromatic rings. The first kappa shape index (κ1) is 21.4. The summed E-state index contributed by atoms with van der Waals surface area (Å²) in [5.41, 5.74) is 1.67. The second kappa shape index (κ2) is 11.1. The number of ether oxygens (including phenoxy) is 2. The fraction of sp³-hybridized carbons (Fsp3) is 0.269. The summed E-state index contributed by atoms with van der Waals surface area (Å²) in [6, 6.07) is 19.5. The summed E-state index contributed by atoms with van der Waals surface area (Å²) in [6.45, 7) is 2.87. The number of benzene rings is 3. The second-order valence-corrected chi connectivity index (χ2v) is 7.17. The van der Waals surface area contributed by atoms with Crippen molar-refractivity contribution in [3.8, 4) is 11.5 Å². The van der Waals surface area contributed by atoms with E-state index in [1.165, 1.54) is 25.3 Å². The van der Waals surface area contributed by atoms with Gasteiger partial charge in [-0.05, 0) is 41.6 Å². The van der Waals surface area contributed by atoms with Crippen LogP contribution in [-0.4, -0.2) is 19.6 Å². The van der Waals surface area contributed by atoms with Crippen LogP contribution >= 0.6 is 0 Å². The lowest BCUT2D eigenvalue weighted by atomic mass is 10.1. The Bertz CT molecular complexity index is 1000. The SMILES string of the molecule is CCCCCCOc1ccc(/C=C/C(=O)Nc2cccc3ccccc23)cc1OC. The Morgan fingerprint density at radius 2 is 1.80 bits per heavy atom. The van der Waals surface area contributed by atoms with Crippen molar-refractivity contribution in [1.29, 1.82) is 0 Å². The highest BCUT2D eigenvalue weighted by atomic mass is 16.5. The van der Waals surface area contributed by atoms with Crippen LogP contribution < -0.4 is 14.8 Å². The van der Waals surface area contributed by atoms with Crippen LogP contribution in [0.2, 0.25) is 0 Å². The molecule has 0 aliphatic carbocycles. The maximum atomic E-state index is 12.4. The van der Waals surface area contributed by atoms with Gasteiger partial charge < -0.3 is 14.8 Å². The van der Waals surface area contributed by atoms with Crippen molar-refractivity contribution in [3.63, 3.8) is 0 Å². The van der Waals surface area contributed by atoms with Crippen molar-refractivity contribution in [2.75, 3.05) is 19.0 Å². The lowest BCUT2D eigenvalue weighted by molar-refractivity contribution is -0.111. The van der Waals surface area contributed by atoms with Crippen LogP contribution in [0.4, 0.5) is 5.69 Å². The molecule has 0 atom stereocenters. The van der Waals surface area contributed by atoms with Crippen molar-refractivity contribution in [3.05, 3.63) is 72.3 Å². The number of fused-ring (bicyclic) bond motifs is 1. The minimum absolute atomic E-state index is 0.179. The van der Waals surface area contributed by atoms with E-state index in [1.54, 1.807) is 13.2 Å². The summed E-state index contributed by atoms with van der Waals surface area (Å²) in [7, 11) is 1.62. The zero-order chi connectivity index (χ0) is 21.2. The minimum Gasteiger partial charge on any atom is -0.493 e. The Morgan fingerprint density at radius 1 is 0.967 bits per heavy atom. The minimum atomic E-state index is -0.179. The van der Waals surface area contributed by atoms with E-state index >= 15 is 0 Å². The van der Waals surface area contributed by atoms with Crippen molar-refractivity contribution in [1.82, 2.24) is 0 Å². The summed E-state index contributed by atoms with van der Waals surface area (Å²) >= 11 is 0. The summed E-state index contributed by atoms with van der Waals surface area (Å²) in [6.07, 6.45) is 7.94. The van der Waals surface area contributed by atoms with Gasteiger partial charge in [-0.15, -0.1) is 0 Å². The number of nitrogens with one attached hydrogen (secondary N) is 1. The van der Waals surface area contributed by atoms with Crippen molar-refractivity contribution in [2.45, 2.75) is 32.6 Å². The number of hydrogen-bond donors (Lipinski definition) is 1. The molecule has 0 heterocycles. The third kappa shape index (κ3) is 5.86. The first-order chi connectivity index (χ1) is 14.7. The highest BCUT2D eigenvalue weighted by Crippen LogP contribution is 2.29. The van der Waals surface area contributed by atoms with Crippen LogP contribution in [0.15, 0.2) is 66.7 Å². The Kier molecular flexibility index (Phi) is 7.90. The van der Waals surface area contributed by atoms with Crippen LogP contribution in [0.3, 0.4) is 0 Å². The standard InChI is InChI=1S/C26H29NO3/c1-3-4-5-8-18-30-24-16-14-20(19-25(24)29-2)15-17-26(28)27-23-13-9-11-21-10-6-7-12-22(21)23/h6-7,9-17,19H,3-5,8,18H2,1-2H3,(H,27,28)/b17-15+. The maximum Gasteiger partial charge on any atom is 0.248 e. The normalized spacial score (nSPS) is 11.0. The van der Waals surface area contributed by atoms with E-state index in [0.717, 1.165) is 34.2 Å². The molecule has 0 aliphatic rings. The van der Waals surface area contributed by atoms with E-state index in [1.807, 2.05) is 60.7 Å². The topological polar surface area (TPSA) is 47.6 Å². The second-order valence-electron chi connectivity index (χ2n) is 7.17. The molecule has 1 amide bonds. The number of hydrogen-bond acceptors (Lipinski definition) is 3. The van der Waals surface area contributed by atoms with E-state index in [9.17, 15) is 4.79 Å². The largest absolute Gasteiger partial charge is 0.493 e. The maximum absolute atomic E-state index is 12.4. The molecule has 0 radical (unpaired) electrons. The van der Waals surface area contributed by atoms with E-state index < -0.39 is 0 Å². The first-order valence-electron chi connectivity index (χ1n) is 10.5. The molecule has 3 rings (SSSR count). The third-order valence-corrected chi connectivity index (χ3v) is 4.92. The summed E-state index contributed by atoms with van der Waals surface area (Å²) < 4.78 is 11.3. The number of unbranched alkanes of at least 4 members (excludes halogenated alkanes) is 3. The Morgan fingerprint density at radius 3 is 2.63 bits per heavy atom. The number of amides is 1. The van der Waals surface area contributed by atoms with Crippen molar-refractivity contribution >= 4 is 28.4 Å². The molecule has 0 aromatic heterocycles. The average molecular weight is 404 g/mol. The van der Waals surface area contributed by atoms with Gasteiger partial charge in [-0.1, -0.05) is 68.7 Å². The molecule has 0 unspecified atom stereocenters. The molecule has 0 fully saturated rings. The zero-order valence-corrected chi connectivity index (χ0v) is 17.7. The van der Waals surface area contributed by atoms with Crippen LogP contribution in [0, 0.1) is 0 Å². The lowest BCUT2D eigenvalue weighted by Gasteiger charge is -2.11. The van der Waals surface area contributed by atoms with E-state index in [2.05, 4.69) is 12.2 Å². The van der Waals surface area contributed by atoms with Gasteiger partial charge in [0.1, 0.15) is 0 Å². The van der Waals surface area contributed by atoms with E-state index in [0.29, 0.717) is 12.4 Å². The predicted molar refractivity (Wildman–Crippen MR) is 124 cm³/mol. The smallest absolute Gasteiger partial charge is 0.248 e. The van der Waals surface area contributed by atoms with Crippen molar-refractivity contribution in [2.24, 2.45) is 0 Å². The summed E-state index contributed by atoms with van der Waals surface area (Å²) in [5, 5.41) is 5.07. The number of anilines is 1. The molecule has 30 heavy (non-hydrogen) atoms. The molecule has 4 nitrogen and oxygen atoms in total. The Hall–Kier alpha value is -3.27. The molecular formula is C26H29NO3. The molecule has 156 valence electrons. The fourth-order valence-electron chi connectivity index (χ4n) is 3.30. The van der Waals surface area contributed by atoms with Crippen LogP contribution in [0.25, 0.3) is 16.8 Å². The zero-order valence-electron chi connectivity index (χ0n) is 17.7. The summed E-state index contributed by atoms with van der Waals surface area (Å²) in [4.78, 5) is 12.4. The van der Waals surface area contributed by atoms with Gasteiger partial charge in [-0.25, -0.2) is 0 Å². The molecule has 1 N–H and O–H groups in total. The first-order valence-corrected chi connectivity index (χ1v) is 10.5. The predicted octanol–water partition coefficient (Wildman–Crippen LogP) is 6.46.